The Kier molecular flexibility index (Phi) is 5.79. The molecule has 1 heterocycles. The van der Waals surface area contributed by atoms with Gasteiger partial charge in [0.05, 0.1) is 46.0 Å². The lowest BCUT2D eigenvalue weighted by atomic mass is 10.1. The highest BCUT2D eigenvalue weighted by molar-refractivity contribution is 5.49. The molecule has 0 unspecified atom stereocenters. The number of rotatable bonds is 5. The number of nitrogens with one attached hydrogen (secondary N) is 1. The third kappa shape index (κ3) is 4.86. The van der Waals surface area contributed by atoms with Crippen molar-refractivity contribution in [1.29, 1.82) is 0 Å². The predicted molar refractivity (Wildman–Crippen MR) is 97.6 cm³/mol. The van der Waals surface area contributed by atoms with Crippen molar-refractivity contribution in [2.75, 3.05) is 45.3 Å². The van der Waals surface area contributed by atoms with Gasteiger partial charge in [-0.2, -0.15) is 13.2 Å². The second-order valence-corrected chi connectivity index (χ2v) is 6.68. The Bertz CT molecular complexity index is 750. The fourth-order valence-electron chi connectivity index (χ4n) is 3.39. The molecule has 0 atom stereocenters. The second kappa shape index (κ2) is 8.08. The highest BCUT2D eigenvalue weighted by atomic mass is 19.4. The summed E-state index contributed by atoms with van der Waals surface area (Å²) in [5, 5.41) is 0. The summed E-state index contributed by atoms with van der Waals surface area (Å²) >= 11 is 0. The summed E-state index contributed by atoms with van der Waals surface area (Å²) in [6, 6.07) is 11.4. The minimum atomic E-state index is -4.31. The average molecular weight is 381 g/mol. The molecule has 1 aliphatic rings. The number of piperazine rings is 1. The molecule has 0 bridgehead atoms. The summed E-state index contributed by atoms with van der Waals surface area (Å²) < 4.78 is 49.4. The maximum absolute atomic E-state index is 12.9. The van der Waals surface area contributed by atoms with Crippen LogP contribution < -0.4 is 19.3 Å². The van der Waals surface area contributed by atoms with E-state index in [4.69, 9.17) is 9.47 Å². The molecule has 3 rings (SSSR count). The van der Waals surface area contributed by atoms with Crippen molar-refractivity contribution < 1.29 is 27.5 Å². The van der Waals surface area contributed by atoms with Crippen LogP contribution in [0.15, 0.2) is 42.5 Å². The number of quaternary nitrogens is 1. The van der Waals surface area contributed by atoms with E-state index in [1.807, 2.05) is 23.1 Å². The molecule has 0 amide bonds. The Balaban J connectivity index is 1.63. The van der Waals surface area contributed by atoms with Crippen molar-refractivity contribution in [2.45, 2.75) is 12.7 Å². The van der Waals surface area contributed by atoms with Gasteiger partial charge in [-0.3, -0.25) is 0 Å². The van der Waals surface area contributed by atoms with E-state index in [1.165, 1.54) is 17.0 Å². The van der Waals surface area contributed by atoms with Crippen molar-refractivity contribution >= 4 is 5.69 Å². The van der Waals surface area contributed by atoms with E-state index in [9.17, 15) is 13.2 Å². The molecule has 1 fully saturated rings. The van der Waals surface area contributed by atoms with Crippen molar-refractivity contribution in [3.05, 3.63) is 53.6 Å². The van der Waals surface area contributed by atoms with Gasteiger partial charge in [0.15, 0.2) is 0 Å². The SMILES string of the molecule is COc1cc(C[NH+]2CCN(c3cccc(C(F)(F)F)c3)CC2)cc(OC)c1. The molecule has 7 heteroatoms. The molecule has 0 aliphatic carbocycles. The normalized spacial score (nSPS) is 15.7. The first-order chi connectivity index (χ1) is 12.9. The quantitative estimate of drug-likeness (QED) is 0.863. The molecule has 1 N–H and O–H groups in total. The Morgan fingerprint density at radius 2 is 1.59 bits per heavy atom. The van der Waals surface area contributed by atoms with Gasteiger partial charge in [-0.15, -0.1) is 0 Å². The second-order valence-electron chi connectivity index (χ2n) is 6.68. The molecule has 2 aromatic rings. The number of benzene rings is 2. The average Bonchev–Trinajstić information content (AvgIpc) is 2.67. The van der Waals surface area contributed by atoms with Crippen LogP contribution in [0.3, 0.4) is 0 Å². The molecule has 2 aromatic carbocycles. The summed E-state index contributed by atoms with van der Waals surface area (Å²) in [4.78, 5) is 3.40. The molecule has 0 spiro atoms. The zero-order valence-electron chi connectivity index (χ0n) is 15.5. The Labute approximate surface area is 157 Å². The van der Waals surface area contributed by atoms with E-state index < -0.39 is 11.7 Å². The van der Waals surface area contributed by atoms with E-state index in [2.05, 4.69) is 0 Å². The van der Waals surface area contributed by atoms with Crippen LogP contribution in [0.5, 0.6) is 11.5 Å². The molecule has 1 aliphatic heterocycles. The lowest BCUT2D eigenvalue weighted by molar-refractivity contribution is -0.914. The van der Waals surface area contributed by atoms with Crippen molar-refractivity contribution in [3.8, 4) is 11.5 Å². The van der Waals surface area contributed by atoms with Crippen LogP contribution in [0.4, 0.5) is 18.9 Å². The Morgan fingerprint density at radius 1 is 0.963 bits per heavy atom. The number of hydrogen-bond donors (Lipinski definition) is 1. The van der Waals surface area contributed by atoms with Crippen molar-refractivity contribution in [1.82, 2.24) is 0 Å². The van der Waals surface area contributed by atoms with Crippen LogP contribution in [0.25, 0.3) is 0 Å². The molecule has 0 aromatic heterocycles. The van der Waals surface area contributed by atoms with Gasteiger partial charge in [-0.05, 0) is 30.3 Å². The minimum absolute atomic E-state index is 0.599. The van der Waals surface area contributed by atoms with Crippen LogP contribution in [0.2, 0.25) is 0 Å². The molecule has 27 heavy (non-hydrogen) atoms. The highest BCUT2D eigenvalue weighted by Gasteiger charge is 2.31. The van der Waals surface area contributed by atoms with E-state index in [-0.39, 0.29) is 0 Å². The van der Waals surface area contributed by atoms with E-state index in [0.29, 0.717) is 5.69 Å². The summed E-state index contributed by atoms with van der Waals surface area (Å²) in [5.41, 5.74) is 1.15. The summed E-state index contributed by atoms with van der Waals surface area (Å²) in [7, 11) is 3.25. The molecular formula is C20H24F3N2O2+. The number of hydrogen-bond acceptors (Lipinski definition) is 3. The zero-order valence-corrected chi connectivity index (χ0v) is 15.5. The van der Waals surface area contributed by atoms with Crippen LogP contribution in [0, 0.1) is 0 Å². The van der Waals surface area contributed by atoms with Gasteiger partial charge in [0.2, 0.25) is 0 Å². The largest absolute Gasteiger partial charge is 0.497 e. The molecular weight excluding hydrogens is 357 g/mol. The third-order valence-corrected chi connectivity index (χ3v) is 4.87. The zero-order chi connectivity index (χ0) is 19.4. The molecule has 0 saturated carbocycles. The number of alkyl halides is 3. The Morgan fingerprint density at radius 3 is 2.15 bits per heavy atom. The van der Waals surface area contributed by atoms with Gasteiger partial charge in [-0.25, -0.2) is 0 Å². The molecule has 0 radical (unpaired) electrons. The van der Waals surface area contributed by atoms with Crippen molar-refractivity contribution in [2.24, 2.45) is 0 Å². The number of halogens is 3. The smallest absolute Gasteiger partial charge is 0.416 e. The number of nitrogens with zero attached hydrogens (tertiary/aromatic N) is 1. The standard InChI is InChI=1S/C20H23F3N2O2/c1-26-18-10-15(11-19(13-18)27-2)14-24-6-8-25(9-7-24)17-5-3-4-16(12-17)20(21,22)23/h3-5,10-13H,6-9,14H2,1-2H3/p+1. The topological polar surface area (TPSA) is 26.1 Å². The van der Waals surface area contributed by atoms with Gasteiger partial charge in [0.25, 0.3) is 0 Å². The number of ether oxygens (including phenoxy) is 2. The van der Waals surface area contributed by atoms with Gasteiger partial charge in [0, 0.05) is 17.3 Å². The summed E-state index contributed by atoms with van der Waals surface area (Å²) in [6.07, 6.45) is -4.31. The lowest BCUT2D eigenvalue weighted by Crippen LogP contribution is -3.13. The third-order valence-electron chi connectivity index (χ3n) is 4.87. The highest BCUT2D eigenvalue weighted by Crippen LogP contribution is 2.31. The first kappa shape index (κ1) is 19.4. The monoisotopic (exact) mass is 381 g/mol. The summed E-state index contributed by atoms with van der Waals surface area (Å²) in [6.45, 7) is 3.98. The minimum Gasteiger partial charge on any atom is -0.497 e. The predicted octanol–water partition coefficient (Wildman–Crippen LogP) is 2.63. The number of anilines is 1. The maximum atomic E-state index is 12.9. The fraction of sp³-hybridized carbons (Fsp3) is 0.400. The first-order valence-corrected chi connectivity index (χ1v) is 8.87. The van der Waals surface area contributed by atoms with E-state index in [0.717, 1.165) is 55.9 Å². The van der Waals surface area contributed by atoms with E-state index >= 15 is 0 Å². The molecule has 4 nitrogen and oxygen atoms in total. The van der Waals surface area contributed by atoms with E-state index in [1.54, 1.807) is 20.3 Å². The fourth-order valence-corrected chi connectivity index (χ4v) is 3.39. The molecule has 146 valence electrons. The molecule has 1 saturated heterocycles. The lowest BCUT2D eigenvalue weighted by Gasteiger charge is -2.34. The van der Waals surface area contributed by atoms with Gasteiger partial charge in [0.1, 0.15) is 18.0 Å². The van der Waals surface area contributed by atoms with Gasteiger partial charge < -0.3 is 19.3 Å². The Hall–Kier alpha value is -2.41. The number of methoxy groups -OCH3 is 2. The van der Waals surface area contributed by atoms with Crippen LogP contribution in [0.1, 0.15) is 11.1 Å². The van der Waals surface area contributed by atoms with Crippen LogP contribution >= 0.6 is 0 Å². The first-order valence-electron chi connectivity index (χ1n) is 8.87. The van der Waals surface area contributed by atoms with Gasteiger partial charge in [-0.1, -0.05) is 6.07 Å². The van der Waals surface area contributed by atoms with Crippen molar-refractivity contribution in [3.63, 3.8) is 0 Å². The van der Waals surface area contributed by atoms with Crippen LogP contribution in [-0.2, 0) is 12.7 Å². The van der Waals surface area contributed by atoms with Crippen LogP contribution in [-0.4, -0.2) is 40.4 Å². The van der Waals surface area contributed by atoms with Gasteiger partial charge >= 0.3 is 6.18 Å². The maximum Gasteiger partial charge on any atom is 0.416 e. The summed E-state index contributed by atoms with van der Waals surface area (Å²) in [5.74, 6) is 1.51.